The minimum absolute atomic E-state index is 0.119. The second kappa shape index (κ2) is 5.86. The third kappa shape index (κ3) is 2.46. The number of carbonyl (C=O) groups is 1. The maximum Gasteiger partial charge on any atom is 0.325 e. The highest BCUT2D eigenvalue weighted by Gasteiger charge is 2.52. The van der Waals surface area contributed by atoms with Gasteiger partial charge in [-0.2, -0.15) is 0 Å². The van der Waals surface area contributed by atoms with E-state index in [4.69, 9.17) is 10.5 Å². The number of nitrogens with two attached hydrogens (primary N) is 1. The van der Waals surface area contributed by atoms with Gasteiger partial charge in [0.1, 0.15) is 6.04 Å². The summed E-state index contributed by atoms with van der Waals surface area (Å²) < 4.78 is 5.32. The Labute approximate surface area is 131 Å². The molecule has 2 aliphatic heterocycles. The Morgan fingerprint density at radius 1 is 1.45 bits per heavy atom. The van der Waals surface area contributed by atoms with Crippen LogP contribution in [0.4, 0.5) is 0 Å². The molecule has 0 spiro atoms. The van der Waals surface area contributed by atoms with Gasteiger partial charge in [0.15, 0.2) is 0 Å². The Balaban J connectivity index is 1.96. The first kappa shape index (κ1) is 15.3. The smallest absolute Gasteiger partial charge is 0.325 e. The lowest BCUT2D eigenvalue weighted by molar-refractivity contribution is -0.157. The summed E-state index contributed by atoms with van der Waals surface area (Å²) in [7, 11) is 0. The first-order valence-corrected chi connectivity index (χ1v) is 8.04. The van der Waals surface area contributed by atoms with E-state index in [-0.39, 0.29) is 18.1 Å². The molecule has 2 bridgehead atoms. The van der Waals surface area contributed by atoms with Crippen LogP contribution in [0.5, 0.6) is 0 Å². The summed E-state index contributed by atoms with van der Waals surface area (Å²) in [6.45, 7) is 4.36. The molecule has 0 amide bonds. The van der Waals surface area contributed by atoms with E-state index in [2.05, 4.69) is 30.0 Å². The molecule has 0 saturated carbocycles. The van der Waals surface area contributed by atoms with Crippen LogP contribution >= 0.6 is 0 Å². The van der Waals surface area contributed by atoms with E-state index in [9.17, 15) is 4.79 Å². The Kier molecular flexibility index (Phi) is 4.06. The van der Waals surface area contributed by atoms with Gasteiger partial charge in [0.25, 0.3) is 0 Å². The first-order valence-electron chi connectivity index (χ1n) is 8.04. The number of ether oxygens (including phenoxy) is 1. The summed E-state index contributed by atoms with van der Waals surface area (Å²) >= 11 is 0. The predicted octanol–water partition coefficient (Wildman–Crippen LogP) is 2.41. The maximum atomic E-state index is 12.6. The van der Waals surface area contributed by atoms with Crippen LogP contribution in [0, 0.1) is 0 Å². The fraction of sp³-hybridized carbons (Fsp3) is 0.500. The lowest BCUT2D eigenvalue weighted by Crippen LogP contribution is -2.69. The summed E-state index contributed by atoms with van der Waals surface area (Å²) in [4.78, 5) is 14.8. The van der Waals surface area contributed by atoms with Crippen molar-refractivity contribution in [2.75, 3.05) is 6.61 Å². The number of carbonyl (C=O) groups excluding carboxylic acids is 1. The van der Waals surface area contributed by atoms with Gasteiger partial charge in [-0.15, -0.1) is 0 Å². The highest BCUT2D eigenvalue weighted by atomic mass is 16.5. The highest BCUT2D eigenvalue weighted by Crippen LogP contribution is 2.41. The molecule has 2 heterocycles. The SMILES string of the molecule is CCOC(=O)[C@H]1N([C@H](C)c2ccccc2)C2C=CC1(N)CC2. The molecule has 1 aromatic carbocycles. The third-order valence-corrected chi connectivity index (χ3v) is 4.93. The van der Waals surface area contributed by atoms with Gasteiger partial charge in [-0.1, -0.05) is 42.5 Å². The van der Waals surface area contributed by atoms with Crippen molar-refractivity contribution in [1.82, 2.24) is 4.90 Å². The van der Waals surface area contributed by atoms with Crippen LogP contribution in [0.3, 0.4) is 0 Å². The van der Waals surface area contributed by atoms with Crippen molar-refractivity contribution in [2.45, 2.75) is 50.4 Å². The van der Waals surface area contributed by atoms with E-state index >= 15 is 0 Å². The van der Waals surface area contributed by atoms with Crippen LogP contribution in [0.25, 0.3) is 0 Å². The summed E-state index contributed by atoms with van der Waals surface area (Å²) in [6, 6.07) is 10.2. The number of piperidine rings is 1. The number of hydrogen-bond donors (Lipinski definition) is 1. The molecule has 22 heavy (non-hydrogen) atoms. The monoisotopic (exact) mass is 300 g/mol. The van der Waals surface area contributed by atoms with E-state index in [0.717, 1.165) is 12.8 Å². The van der Waals surface area contributed by atoms with Crippen molar-refractivity contribution in [3.63, 3.8) is 0 Å². The van der Waals surface area contributed by atoms with Gasteiger partial charge in [-0.05, 0) is 32.3 Å². The molecule has 4 nitrogen and oxygen atoms in total. The Hall–Kier alpha value is -1.65. The Bertz CT molecular complexity index is 572. The van der Waals surface area contributed by atoms with Gasteiger partial charge in [0, 0.05) is 12.1 Å². The molecule has 1 aliphatic carbocycles. The summed E-state index contributed by atoms with van der Waals surface area (Å²) in [5.74, 6) is -0.207. The molecule has 0 radical (unpaired) electrons. The zero-order valence-electron chi connectivity index (χ0n) is 13.2. The van der Waals surface area contributed by atoms with Crippen LogP contribution in [-0.2, 0) is 9.53 Å². The van der Waals surface area contributed by atoms with Gasteiger partial charge in [0.05, 0.1) is 12.1 Å². The molecular weight excluding hydrogens is 276 g/mol. The summed E-state index contributed by atoms with van der Waals surface area (Å²) in [6.07, 6.45) is 5.98. The van der Waals surface area contributed by atoms with Crippen LogP contribution in [0.15, 0.2) is 42.5 Å². The fourth-order valence-electron chi connectivity index (χ4n) is 3.79. The Morgan fingerprint density at radius 3 is 2.77 bits per heavy atom. The van der Waals surface area contributed by atoms with Gasteiger partial charge < -0.3 is 10.5 Å². The average Bonchev–Trinajstić information content (AvgIpc) is 2.54. The van der Waals surface area contributed by atoms with Crippen molar-refractivity contribution < 1.29 is 9.53 Å². The normalized spacial score (nSPS) is 32.0. The van der Waals surface area contributed by atoms with E-state index in [0.29, 0.717) is 6.61 Å². The van der Waals surface area contributed by atoms with Gasteiger partial charge in [-0.25, -0.2) is 0 Å². The molecule has 1 saturated heterocycles. The summed E-state index contributed by atoms with van der Waals surface area (Å²) in [5.41, 5.74) is 7.12. The minimum atomic E-state index is -0.621. The largest absolute Gasteiger partial charge is 0.465 e. The molecule has 2 unspecified atom stereocenters. The van der Waals surface area contributed by atoms with E-state index in [1.807, 2.05) is 31.2 Å². The van der Waals surface area contributed by atoms with Crippen molar-refractivity contribution in [1.29, 1.82) is 0 Å². The number of hydrogen-bond acceptors (Lipinski definition) is 4. The second-order valence-electron chi connectivity index (χ2n) is 6.27. The van der Waals surface area contributed by atoms with Crippen LogP contribution < -0.4 is 5.73 Å². The second-order valence-corrected chi connectivity index (χ2v) is 6.27. The lowest BCUT2D eigenvalue weighted by Gasteiger charge is -2.54. The lowest BCUT2D eigenvalue weighted by atomic mass is 9.73. The van der Waals surface area contributed by atoms with Gasteiger partial charge in [0.2, 0.25) is 0 Å². The van der Waals surface area contributed by atoms with E-state index in [1.54, 1.807) is 0 Å². The minimum Gasteiger partial charge on any atom is -0.465 e. The molecule has 118 valence electrons. The highest BCUT2D eigenvalue weighted by molar-refractivity contribution is 5.79. The number of fused-ring (bicyclic) bond motifs is 2. The van der Waals surface area contributed by atoms with Crippen LogP contribution in [-0.4, -0.2) is 35.1 Å². The number of esters is 1. The first-order chi connectivity index (χ1) is 10.6. The van der Waals surface area contributed by atoms with Gasteiger partial charge in [-0.3, -0.25) is 9.69 Å². The molecule has 4 atom stereocenters. The van der Waals surface area contributed by atoms with Gasteiger partial charge >= 0.3 is 5.97 Å². The van der Waals surface area contributed by atoms with Crippen molar-refractivity contribution in [3.8, 4) is 0 Å². The summed E-state index contributed by atoms with van der Waals surface area (Å²) in [5, 5.41) is 0. The Morgan fingerprint density at radius 2 is 2.18 bits per heavy atom. The molecule has 4 heteroatoms. The van der Waals surface area contributed by atoms with Crippen molar-refractivity contribution in [2.24, 2.45) is 5.73 Å². The van der Waals surface area contributed by atoms with Crippen molar-refractivity contribution in [3.05, 3.63) is 48.0 Å². The molecular formula is C18H24N2O2. The molecule has 0 aromatic heterocycles. The fourth-order valence-corrected chi connectivity index (χ4v) is 3.79. The molecule has 1 fully saturated rings. The van der Waals surface area contributed by atoms with Crippen LogP contribution in [0.2, 0.25) is 0 Å². The molecule has 2 N–H and O–H groups in total. The number of rotatable bonds is 4. The zero-order chi connectivity index (χ0) is 15.7. The van der Waals surface area contributed by atoms with E-state index < -0.39 is 11.6 Å². The standard InChI is InChI=1S/C18H24N2O2/c1-3-22-17(21)16-18(19)11-9-15(10-12-18)20(16)13(2)14-7-5-4-6-8-14/h4-9,11,13,15-16H,3,10,12,19H2,1-2H3/t13-,15?,16-,18?/m1/s1. The number of benzene rings is 1. The predicted molar refractivity (Wildman–Crippen MR) is 86.2 cm³/mol. The van der Waals surface area contributed by atoms with E-state index in [1.165, 1.54) is 5.56 Å². The zero-order valence-corrected chi connectivity index (χ0v) is 13.2. The average molecular weight is 300 g/mol. The number of nitrogens with zero attached hydrogens (tertiary/aromatic N) is 1. The third-order valence-electron chi connectivity index (χ3n) is 4.93. The van der Waals surface area contributed by atoms with Crippen LogP contribution in [0.1, 0.15) is 38.3 Å². The van der Waals surface area contributed by atoms with Crippen molar-refractivity contribution >= 4 is 5.97 Å². The molecule has 3 aliphatic rings. The topological polar surface area (TPSA) is 55.6 Å². The molecule has 1 aromatic rings. The quantitative estimate of drug-likeness (QED) is 0.685. The maximum absolute atomic E-state index is 12.6. The molecule has 4 rings (SSSR count).